The SMILES string of the molecule is Cc1c(C(=O)N2CCN(S(=O)(=O)C(F)(F)F)CC2)cnn1-c1nn2cccc2c(=O)[nH]1. The number of rotatable bonds is 3. The highest BCUT2D eigenvalue weighted by Crippen LogP contribution is 2.27. The maximum absolute atomic E-state index is 12.8. The zero-order valence-corrected chi connectivity index (χ0v) is 16.8. The number of aromatic nitrogens is 5. The van der Waals surface area contributed by atoms with Crippen LogP contribution in [0.4, 0.5) is 13.2 Å². The monoisotopic (exact) mass is 459 g/mol. The molecule has 15 heteroatoms. The van der Waals surface area contributed by atoms with Crippen LogP contribution in [0.2, 0.25) is 0 Å². The van der Waals surface area contributed by atoms with Gasteiger partial charge in [0.25, 0.3) is 11.5 Å². The van der Waals surface area contributed by atoms with Gasteiger partial charge in [-0.1, -0.05) is 0 Å². The molecule has 31 heavy (non-hydrogen) atoms. The number of amides is 1. The van der Waals surface area contributed by atoms with E-state index in [2.05, 4.69) is 15.2 Å². The van der Waals surface area contributed by atoms with Crippen molar-refractivity contribution in [1.82, 2.24) is 33.6 Å². The zero-order chi connectivity index (χ0) is 22.6. The molecule has 1 aliphatic rings. The fraction of sp³-hybridized carbons (Fsp3) is 0.375. The van der Waals surface area contributed by atoms with E-state index in [1.165, 1.54) is 20.3 Å². The summed E-state index contributed by atoms with van der Waals surface area (Å²) < 4.78 is 64.1. The first-order valence-electron chi connectivity index (χ1n) is 8.99. The summed E-state index contributed by atoms with van der Waals surface area (Å²) in [6.45, 7) is 0.219. The number of halogens is 3. The molecule has 0 unspecified atom stereocenters. The summed E-state index contributed by atoms with van der Waals surface area (Å²) in [6, 6.07) is 3.23. The van der Waals surface area contributed by atoms with Crippen molar-refractivity contribution in [2.75, 3.05) is 26.2 Å². The molecular weight excluding hydrogens is 443 g/mol. The Hall–Kier alpha value is -3.20. The third kappa shape index (κ3) is 3.48. The van der Waals surface area contributed by atoms with Crippen LogP contribution >= 0.6 is 0 Å². The van der Waals surface area contributed by atoms with Crippen LogP contribution in [0.1, 0.15) is 16.1 Å². The molecule has 1 N–H and O–H groups in total. The van der Waals surface area contributed by atoms with Crippen LogP contribution in [0, 0.1) is 6.92 Å². The predicted molar refractivity (Wildman–Crippen MR) is 100 cm³/mol. The topological polar surface area (TPSA) is 126 Å². The molecule has 166 valence electrons. The lowest BCUT2D eigenvalue weighted by Gasteiger charge is -2.34. The summed E-state index contributed by atoms with van der Waals surface area (Å²) in [5.74, 6) is -0.441. The van der Waals surface area contributed by atoms with Crippen molar-refractivity contribution < 1.29 is 26.4 Å². The molecule has 0 saturated carbocycles. The Morgan fingerprint density at radius 2 is 1.87 bits per heavy atom. The molecule has 4 heterocycles. The number of alkyl halides is 3. The van der Waals surface area contributed by atoms with E-state index in [1.54, 1.807) is 25.3 Å². The van der Waals surface area contributed by atoms with Gasteiger partial charge in [-0.05, 0) is 19.1 Å². The molecule has 0 atom stereocenters. The Labute approximate surface area is 172 Å². The second-order valence-corrected chi connectivity index (χ2v) is 8.74. The van der Waals surface area contributed by atoms with Gasteiger partial charge in [0.2, 0.25) is 5.95 Å². The molecule has 1 fully saturated rings. The number of fused-ring (bicyclic) bond motifs is 1. The highest BCUT2D eigenvalue weighted by molar-refractivity contribution is 7.90. The minimum Gasteiger partial charge on any atom is -0.336 e. The van der Waals surface area contributed by atoms with Crippen molar-refractivity contribution >= 4 is 21.4 Å². The quantitative estimate of drug-likeness (QED) is 0.593. The van der Waals surface area contributed by atoms with E-state index in [-0.39, 0.29) is 24.6 Å². The lowest BCUT2D eigenvalue weighted by atomic mass is 10.2. The minimum absolute atomic E-state index is 0.0753. The van der Waals surface area contributed by atoms with Gasteiger partial charge in [-0.25, -0.2) is 17.6 Å². The largest absolute Gasteiger partial charge is 0.511 e. The van der Waals surface area contributed by atoms with Crippen LogP contribution in [-0.2, 0) is 10.0 Å². The lowest BCUT2D eigenvalue weighted by molar-refractivity contribution is -0.0497. The summed E-state index contributed by atoms with van der Waals surface area (Å²) in [4.78, 5) is 28.8. The molecule has 3 aromatic rings. The van der Waals surface area contributed by atoms with Gasteiger partial charge in [-0.3, -0.25) is 14.6 Å². The molecule has 0 radical (unpaired) electrons. The van der Waals surface area contributed by atoms with Crippen molar-refractivity contribution in [3.05, 3.63) is 46.1 Å². The highest BCUT2D eigenvalue weighted by Gasteiger charge is 2.50. The standard InChI is InChI=1S/C16H16F3N7O4S/c1-10-11(9-20-26(10)15-21-13(27)12-3-2-4-25(12)22-15)14(28)23-5-7-24(8-6-23)31(29,30)16(17,18)19/h2-4,9H,5-8H2,1H3,(H,21,22,27). The summed E-state index contributed by atoms with van der Waals surface area (Å²) in [6.07, 6.45) is 2.84. The van der Waals surface area contributed by atoms with E-state index in [9.17, 15) is 31.2 Å². The van der Waals surface area contributed by atoms with Gasteiger partial charge >= 0.3 is 15.5 Å². The van der Waals surface area contributed by atoms with Gasteiger partial charge < -0.3 is 4.90 Å². The van der Waals surface area contributed by atoms with E-state index >= 15 is 0 Å². The number of nitrogens with one attached hydrogen (secondary N) is 1. The average Bonchev–Trinajstić information content (AvgIpc) is 3.33. The first-order chi connectivity index (χ1) is 14.5. The van der Waals surface area contributed by atoms with E-state index in [1.807, 2.05) is 0 Å². The first kappa shape index (κ1) is 21.0. The summed E-state index contributed by atoms with van der Waals surface area (Å²) in [5.41, 5.74) is -4.95. The number of piperazine rings is 1. The van der Waals surface area contributed by atoms with Crippen molar-refractivity contribution in [2.45, 2.75) is 12.4 Å². The maximum atomic E-state index is 12.8. The van der Waals surface area contributed by atoms with Gasteiger partial charge in [0.05, 0.1) is 17.5 Å². The fourth-order valence-corrected chi connectivity index (χ4v) is 4.25. The Morgan fingerprint density at radius 1 is 1.19 bits per heavy atom. The Kier molecular flexibility index (Phi) is 4.88. The molecular formula is C16H16F3N7O4S. The molecule has 1 aliphatic heterocycles. The van der Waals surface area contributed by atoms with Gasteiger partial charge in [0.1, 0.15) is 5.52 Å². The van der Waals surface area contributed by atoms with Crippen molar-refractivity contribution in [3.8, 4) is 5.95 Å². The number of hydrogen-bond donors (Lipinski definition) is 1. The molecule has 1 amide bonds. The Bertz CT molecular complexity index is 1320. The summed E-state index contributed by atoms with van der Waals surface area (Å²) in [7, 11) is -5.44. The number of carbonyl (C=O) groups is 1. The highest BCUT2D eigenvalue weighted by atomic mass is 32.2. The summed E-state index contributed by atoms with van der Waals surface area (Å²) in [5, 5.41) is 8.32. The smallest absolute Gasteiger partial charge is 0.336 e. The van der Waals surface area contributed by atoms with Crippen LogP contribution in [0.15, 0.2) is 29.3 Å². The molecule has 4 rings (SSSR count). The molecule has 1 saturated heterocycles. The predicted octanol–water partition coefficient (Wildman–Crippen LogP) is 0.124. The number of H-pyrrole nitrogens is 1. The third-order valence-electron chi connectivity index (χ3n) is 4.99. The van der Waals surface area contributed by atoms with Crippen LogP contribution in [0.3, 0.4) is 0 Å². The molecule has 0 aromatic carbocycles. The van der Waals surface area contributed by atoms with E-state index in [0.29, 0.717) is 15.5 Å². The van der Waals surface area contributed by atoms with Crippen LogP contribution in [0.25, 0.3) is 11.5 Å². The lowest BCUT2D eigenvalue weighted by Crippen LogP contribution is -2.53. The van der Waals surface area contributed by atoms with Crippen molar-refractivity contribution in [1.29, 1.82) is 0 Å². The van der Waals surface area contributed by atoms with Gasteiger partial charge in [-0.15, -0.1) is 5.10 Å². The van der Waals surface area contributed by atoms with Crippen LogP contribution < -0.4 is 5.56 Å². The van der Waals surface area contributed by atoms with Gasteiger partial charge in [0.15, 0.2) is 0 Å². The fourth-order valence-electron chi connectivity index (χ4n) is 3.31. The van der Waals surface area contributed by atoms with Crippen molar-refractivity contribution in [3.63, 3.8) is 0 Å². The van der Waals surface area contributed by atoms with Gasteiger partial charge in [-0.2, -0.15) is 22.6 Å². The normalized spacial score (nSPS) is 16.2. The molecule has 11 nitrogen and oxygen atoms in total. The molecule has 0 aliphatic carbocycles. The van der Waals surface area contributed by atoms with Crippen molar-refractivity contribution in [2.24, 2.45) is 0 Å². The van der Waals surface area contributed by atoms with Gasteiger partial charge in [0, 0.05) is 32.4 Å². The number of nitrogens with zero attached hydrogens (tertiary/aromatic N) is 6. The second kappa shape index (κ2) is 7.19. The number of hydrogen-bond acceptors (Lipinski definition) is 6. The zero-order valence-electron chi connectivity index (χ0n) is 16.0. The van der Waals surface area contributed by atoms with Crippen LogP contribution in [0.5, 0.6) is 0 Å². The minimum atomic E-state index is -5.44. The van der Waals surface area contributed by atoms with E-state index in [0.717, 1.165) is 0 Å². The number of carbonyl (C=O) groups excluding carboxylic acids is 1. The van der Waals surface area contributed by atoms with E-state index in [4.69, 9.17) is 0 Å². The molecule has 3 aromatic heterocycles. The number of aromatic amines is 1. The Morgan fingerprint density at radius 3 is 2.52 bits per heavy atom. The average molecular weight is 459 g/mol. The Balaban J connectivity index is 1.54. The number of sulfonamides is 1. The van der Waals surface area contributed by atoms with E-state index < -0.39 is 40.1 Å². The maximum Gasteiger partial charge on any atom is 0.511 e. The first-order valence-corrected chi connectivity index (χ1v) is 10.4. The van der Waals surface area contributed by atoms with Crippen LogP contribution in [-0.4, -0.2) is 79.6 Å². The summed E-state index contributed by atoms with van der Waals surface area (Å²) >= 11 is 0. The molecule has 0 spiro atoms. The molecule has 0 bridgehead atoms. The second-order valence-electron chi connectivity index (χ2n) is 6.81. The third-order valence-corrected chi connectivity index (χ3v) is 6.62.